The van der Waals surface area contributed by atoms with Crippen molar-refractivity contribution in [1.82, 2.24) is 4.90 Å². The summed E-state index contributed by atoms with van der Waals surface area (Å²) in [4.78, 5) is 15.6. The Hall–Kier alpha value is -1.73. The molecule has 2 aromatic rings. The Morgan fingerprint density at radius 3 is 2.57 bits per heavy atom. The van der Waals surface area contributed by atoms with Crippen molar-refractivity contribution < 1.29 is 18.7 Å². The molecule has 7 heteroatoms. The SMILES string of the molecule is COc1ccc(CN2C(=O)C3(CCC3)SCC2(C)c2cc(Br)ccc2F)c(OC)c1. The van der Waals surface area contributed by atoms with Crippen LogP contribution in [0.15, 0.2) is 40.9 Å². The zero-order valence-corrected chi connectivity index (χ0v) is 19.7. The lowest BCUT2D eigenvalue weighted by atomic mass is 9.80. The van der Waals surface area contributed by atoms with Gasteiger partial charge in [-0.25, -0.2) is 4.39 Å². The van der Waals surface area contributed by atoms with Crippen molar-refractivity contribution in [2.75, 3.05) is 20.0 Å². The van der Waals surface area contributed by atoms with Crippen LogP contribution in [0.3, 0.4) is 0 Å². The normalized spacial score (nSPS) is 22.7. The first-order chi connectivity index (χ1) is 14.3. The summed E-state index contributed by atoms with van der Waals surface area (Å²) in [5.41, 5.74) is 0.621. The number of thioether (sulfide) groups is 1. The third kappa shape index (κ3) is 3.50. The van der Waals surface area contributed by atoms with Gasteiger partial charge in [-0.05, 0) is 56.5 Å². The van der Waals surface area contributed by atoms with Crippen molar-refractivity contribution in [2.24, 2.45) is 0 Å². The van der Waals surface area contributed by atoms with Crippen LogP contribution in [0.25, 0.3) is 0 Å². The molecule has 1 aliphatic carbocycles. The maximum atomic E-state index is 15.0. The summed E-state index contributed by atoms with van der Waals surface area (Å²) in [7, 11) is 3.21. The second-order valence-corrected chi connectivity index (χ2v) is 10.4. The van der Waals surface area contributed by atoms with E-state index in [1.54, 1.807) is 38.1 Å². The van der Waals surface area contributed by atoms with Gasteiger partial charge in [-0.1, -0.05) is 15.9 Å². The van der Waals surface area contributed by atoms with Gasteiger partial charge in [-0.15, -0.1) is 11.8 Å². The Morgan fingerprint density at radius 2 is 1.93 bits per heavy atom. The second kappa shape index (κ2) is 8.08. The number of carbonyl (C=O) groups is 1. The standard InChI is InChI=1S/C23H25BrFNO3S/c1-22(18-11-16(24)6-8-19(18)25)14-30-23(9-4-10-23)21(27)26(22)13-15-5-7-17(28-2)12-20(15)29-3/h5-8,11-12H,4,9-10,13-14H2,1-3H3. The predicted octanol–water partition coefficient (Wildman–Crippen LogP) is 5.52. The van der Waals surface area contributed by atoms with E-state index in [1.807, 2.05) is 30.0 Å². The van der Waals surface area contributed by atoms with Crippen molar-refractivity contribution in [3.8, 4) is 11.5 Å². The maximum absolute atomic E-state index is 15.0. The molecule has 30 heavy (non-hydrogen) atoms. The molecular formula is C23H25BrFNO3S. The molecule has 2 aromatic carbocycles. The minimum Gasteiger partial charge on any atom is -0.497 e. The molecule has 4 nitrogen and oxygen atoms in total. The van der Waals surface area contributed by atoms with Crippen LogP contribution >= 0.6 is 27.7 Å². The number of nitrogens with zero attached hydrogens (tertiary/aromatic N) is 1. The molecule has 1 saturated carbocycles. The van der Waals surface area contributed by atoms with E-state index < -0.39 is 5.54 Å². The molecule has 1 spiro atoms. The van der Waals surface area contributed by atoms with Gasteiger partial charge < -0.3 is 14.4 Å². The number of benzene rings is 2. The molecule has 1 heterocycles. The van der Waals surface area contributed by atoms with Crippen LogP contribution in [0, 0.1) is 5.82 Å². The lowest BCUT2D eigenvalue weighted by Crippen LogP contribution is -2.62. The molecule has 0 aromatic heterocycles. The van der Waals surface area contributed by atoms with E-state index in [1.165, 1.54) is 6.07 Å². The molecule has 1 unspecified atom stereocenters. The van der Waals surface area contributed by atoms with E-state index in [-0.39, 0.29) is 16.5 Å². The van der Waals surface area contributed by atoms with Gasteiger partial charge in [-0.2, -0.15) is 0 Å². The first kappa shape index (κ1) is 21.5. The Labute approximate surface area is 189 Å². The quantitative estimate of drug-likeness (QED) is 0.549. The van der Waals surface area contributed by atoms with Gasteiger partial charge in [0.15, 0.2) is 0 Å². The minimum absolute atomic E-state index is 0.0877. The summed E-state index contributed by atoms with van der Waals surface area (Å²) in [6.07, 6.45) is 2.81. The van der Waals surface area contributed by atoms with Gasteiger partial charge in [0.1, 0.15) is 17.3 Å². The van der Waals surface area contributed by atoms with Gasteiger partial charge in [0.25, 0.3) is 0 Å². The summed E-state index contributed by atoms with van der Waals surface area (Å²) in [6.45, 7) is 2.31. The smallest absolute Gasteiger partial charge is 0.239 e. The summed E-state index contributed by atoms with van der Waals surface area (Å²) in [5, 5.41) is 0. The molecule has 1 amide bonds. The molecule has 0 N–H and O–H groups in total. The van der Waals surface area contributed by atoms with Crippen LogP contribution in [-0.2, 0) is 16.9 Å². The number of methoxy groups -OCH3 is 2. The average molecular weight is 494 g/mol. The molecule has 4 rings (SSSR count). The summed E-state index contributed by atoms with van der Waals surface area (Å²) < 4.78 is 26.3. The van der Waals surface area contributed by atoms with Crippen LogP contribution in [-0.4, -0.2) is 35.5 Å². The van der Waals surface area contributed by atoms with Crippen molar-refractivity contribution in [1.29, 1.82) is 0 Å². The third-order valence-corrected chi connectivity index (χ3v) is 8.69. The van der Waals surface area contributed by atoms with E-state index in [2.05, 4.69) is 15.9 Å². The van der Waals surface area contributed by atoms with E-state index in [9.17, 15) is 9.18 Å². The minimum atomic E-state index is -0.776. The lowest BCUT2D eigenvalue weighted by Gasteiger charge is -2.54. The first-order valence-corrected chi connectivity index (χ1v) is 11.7. The highest BCUT2D eigenvalue weighted by molar-refractivity contribution is 9.10. The second-order valence-electron chi connectivity index (χ2n) is 8.10. The molecular weight excluding hydrogens is 469 g/mol. The topological polar surface area (TPSA) is 38.8 Å². The van der Waals surface area contributed by atoms with E-state index in [4.69, 9.17) is 9.47 Å². The van der Waals surface area contributed by atoms with E-state index in [0.717, 1.165) is 29.3 Å². The Balaban J connectivity index is 1.79. The van der Waals surface area contributed by atoms with Crippen LogP contribution < -0.4 is 9.47 Å². The number of rotatable bonds is 5. The largest absolute Gasteiger partial charge is 0.497 e. The van der Waals surface area contributed by atoms with Gasteiger partial charge in [0.2, 0.25) is 5.91 Å². The van der Waals surface area contributed by atoms with Crippen molar-refractivity contribution >= 4 is 33.6 Å². The molecule has 0 bridgehead atoms. The van der Waals surface area contributed by atoms with E-state index >= 15 is 0 Å². The van der Waals surface area contributed by atoms with Crippen LogP contribution in [0.4, 0.5) is 4.39 Å². The summed E-state index contributed by atoms with van der Waals surface area (Å²) in [6, 6.07) is 10.5. The van der Waals surface area contributed by atoms with Gasteiger partial charge in [0.05, 0.1) is 31.1 Å². The summed E-state index contributed by atoms with van der Waals surface area (Å²) >= 11 is 5.15. The highest BCUT2D eigenvalue weighted by Gasteiger charge is 2.56. The molecule has 0 radical (unpaired) electrons. The number of hydrogen-bond donors (Lipinski definition) is 0. The monoisotopic (exact) mass is 493 g/mol. The number of halogens is 2. The highest BCUT2D eigenvalue weighted by atomic mass is 79.9. The van der Waals surface area contributed by atoms with Crippen molar-refractivity contribution in [2.45, 2.75) is 43.0 Å². The fourth-order valence-electron chi connectivity index (χ4n) is 4.28. The van der Waals surface area contributed by atoms with Gasteiger partial charge in [-0.3, -0.25) is 4.79 Å². The van der Waals surface area contributed by atoms with Gasteiger partial charge >= 0.3 is 0 Å². The predicted molar refractivity (Wildman–Crippen MR) is 121 cm³/mol. The first-order valence-electron chi connectivity index (χ1n) is 9.95. The number of ether oxygens (including phenoxy) is 2. The average Bonchev–Trinajstić information content (AvgIpc) is 2.71. The lowest BCUT2D eigenvalue weighted by molar-refractivity contribution is -0.144. The number of carbonyl (C=O) groups excluding carboxylic acids is 1. The molecule has 1 aliphatic heterocycles. The zero-order valence-electron chi connectivity index (χ0n) is 17.3. The summed E-state index contributed by atoms with van der Waals surface area (Å²) in [5.74, 6) is 1.77. The number of amides is 1. The Morgan fingerprint density at radius 1 is 1.17 bits per heavy atom. The maximum Gasteiger partial charge on any atom is 0.239 e. The van der Waals surface area contributed by atoms with Crippen LogP contribution in [0.2, 0.25) is 0 Å². The third-order valence-electron chi connectivity index (χ3n) is 6.35. The molecule has 2 fully saturated rings. The van der Waals surface area contributed by atoms with Crippen LogP contribution in [0.5, 0.6) is 11.5 Å². The van der Waals surface area contributed by atoms with E-state index in [0.29, 0.717) is 29.4 Å². The Kier molecular flexibility index (Phi) is 5.79. The molecule has 160 valence electrons. The fourth-order valence-corrected chi connectivity index (χ4v) is 6.32. The highest BCUT2D eigenvalue weighted by Crippen LogP contribution is 2.54. The Bertz CT molecular complexity index is 981. The molecule has 2 aliphatic rings. The molecule has 1 atom stereocenters. The molecule has 1 saturated heterocycles. The number of hydrogen-bond acceptors (Lipinski definition) is 4. The van der Waals surface area contributed by atoms with Crippen LogP contribution in [0.1, 0.15) is 37.3 Å². The zero-order chi connectivity index (χ0) is 21.5. The fraction of sp³-hybridized carbons (Fsp3) is 0.435. The van der Waals surface area contributed by atoms with Crippen molar-refractivity contribution in [3.63, 3.8) is 0 Å². The van der Waals surface area contributed by atoms with Gasteiger partial charge in [0, 0.05) is 27.4 Å². The van der Waals surface area contributed by atoms with Crippen molar-refractivity contribution in [3.05, 3.63) is 57.8 Å².